The van der Waals surface area contributed by atoms with Crippen LogP contribution in [0, 0.1) is 0 Å². The topological polar surface area (TPSA) is 38.9 Å². The molecule has 0 saturated heterocycles. The molecular formula is C9H8F6N2. The SMILES string of the molecule is NC(Cc1cnccc1C(F)(F)F)C(F)(F)F. The molecule has 1 aromatic rings. The molecule has 0 spiro atoms. The second kappa shape index (κ2) is 4.52. The lowest BCUT2D eigenvalue weighted by Crippen LogP contribution is -2.39. The predicted molar refractivity (Wildman–Crippen MR) is 47.0 cm³/mol. The lowest BCUT2D eigenvalue weighted by molar-refractivity contribution is -0.149. The van der Waals surface area contributed by atoms with Crippen LogP contribution in [0.4, 0.5) is 26.3 Å². The van der Waals surface area contributed by atoms with E-state index in [0.29, 0.717) is 6.07 Å². The molecule has 0 aromatic carbocycles. The van der Waals surface area contributed by atoms with Crippen molar-refractivity contribution in [3.63, 3.8) is 0 Å². The van der Waals surface area contributed by atoms with E-state index in [1.165, 1.54) is 0 Å². The number of halogens is 6. The normalized spacial score (nSPS) is 14.8. The zero-order chi connectivity index (χ0) is 13.3. The highest BCUT2D eigenvalue weighted by Gasteiger charge is 2.39. The van der Waals surface area contributed by atoms with Crippen molar-refractivity contribution in [3.8, 4) is 0 Å². The van der Waals surface area contributed by atoms with Gasteiger partial charge in [-0.3, -0.25) is 4.98 Å². The summed E-state index contributed by atoms with van der Waals surface area (Å²) in [6.07, 6.45) is -8.80. The van der Waals surface area contributed by atoms with Gasteiger partial charge in [-0.25, -0.2) is 0 Å². The predicted octanol–water partition coefficient (Wildman–Crippen LogP) is 2.53. The van der Waals surface area contributed by atoms with E-state index >= 15 is 0 Å². The van der Waals surface area contributed by atoms with Crippen LogP contribution in [0.25, 0.3) is 0 Å². The van der Waals surface area contributed by atoms with Crippen molar-refractivity contribution < 1.29 is 26.3 Å². The average molecular weight is 258 g/mol. The number of nitrogens with zero attached hydrogens (tertiary/aromatic N) is 1. The number of hydrogen-bond acceptors (Lipinski definition) is 2. The van der Waals surface area contributed by atoms with Crippen molar-refractivity contribution in [3.05, 3.63) is 29.6 Å². The van der Waals surface area contributed by atoms with Crippen LogP contribution in [0.3, 0.4) is 0 Å². The summed E-state index contributed by atoms with van der Waals surface area (Å²) in [6.45, 7) is 0. The van der Waals surface area contributed by atoms with Crippen molar-refractivity contribution in [2.75, 3.05) is 0 Å². The first-order valence-electron chi connectivity index (χ1n) is 4.44. The monoisotopic (exact) mass is 258 g/mol. The summed E-state index contributed by atoms with van der Waals surface area (Å²) in [5.41, 5.74) is 3.06. The van der Waals surface area contributed by atoms with Gasteiger partial charge in [-0.05, 0) is 18.1 Å². The molecule has 0 amide bonds. The fourth-order valence-electron chi connectivity index (χ4n) is 1.22. The minimum absolute atomic E-state index is 0.565. The second-order valence-electron chi connectivity index (χ2n) is 3.38. The summed E-state index contributed by atoms with van der Waals surface area (Å²) in [6, 6.07) is -1.72. The van der Waals surface area contributed by atoms with Gasteiger partial charge < -0.3 is 5.73 Å². The Morgan fingerprint density at radius 3 is 2.24 bits per heavy atom. The first kappa shape index (κ1) is 13.8. The quantitative estimate of drug-likeness (QED) is 0.828. The summed E-state index contributed by atoms with van der Waals surface area (Å²) in [5.74, 6) is 0. The van der Waals surface area contributed by atoms with E-state index in [2.05, 4.69) is 4.98 Å². The summed E-state index contributed by atoms with van der Waals surface area (Å²) >= 11 is 0. The van der Waals surface area contributed by atoms with E-state index in [9.17, 15) is 26.3 Å². The number of pyridine rings is 1. The molecule has 0 aliphatic rings. The van der Waals surface area contributed by atoms with Crippen LogP contribution in [-0.2, 0) is 12.6 Å². The number of nitrogens with two attached hydrogens (primary N) is 1. The third kappa shape index (κ3) is 3.58. The van der Waals surface area contributed by atoms with Gasteiger partial charge in [-0.15, -0.1) is 0 Å². The molecular weight excluding hydrogens is 250 g/mol. The molecule has 0 bridgehead atoms. The van der Waals surface area contributed by atoms with Gasteiger partial charge in [0.05, 0.1) is 5.56 Å². The molecule has 0 aliphatic carbocycles. The maximum Gasteiger partial charge on any atom is 0.416 e. The Hall–Kier alpha value is -1.31. The first-order valence-corrected chi connectivity index (χ1v) is 4.44. The fourth-order valence-corrected chi connectivity index (χ4v) is 1.22. The van der Waals surface area contributed by atoms with E-state index in [4.69, 9.17) is 5.73 Å². The zero-order valence-electron chi connectivity index (χ0n) is 8.31. The first-order chi connectivity index (χ1) is 7.62. The molecule has 1 heterocycles. The second-order valence-corrected chi connectivity index (χ2v) is 3.38. The van der Waals surface area contributed by atoms with Gasteiger partial charge in [0.2, 0.25) is 0 Å². The van der Waals surface area contributed by atoms with E-state index in [-0.39, 0.29) is 0 Å². The zero-order valence-corrected chi connectivity index (χ0v) is 8.31. The van der Waals surface area contributed by atoms with Gasteiger partial charge in [0, 0.05) is 12.4 Å². The van der Waals surface area contributed by atoms with Crippen molar-refractivity contribution in [1.29, 1.82) is 0 Å². The highest BCUT2D eigenvalue weighted by Crippen LogP contribution is 2.33. The third-order valence-electron chi connectivity index (χ3n) is 2.07. The third-order valence-corrected chi connectivity index (χ3v) is 2.07. The lowest BCUT2D eigenvalue weighted by atomic mass is 10.0. The molecule has 8 heteroatoms. The van der Waals surface area contributed by atoms with E-state index in [1.54, 1.807) is 0 Å². The largest absolute Gasteiger partial charge is 0.416 e. The number of hydrogen-bond donors (Lipinski definition) is 1. The van der Waals surface area contributed by atoms with Gasteiger partial charge in [0.1, 0.15) is 6.04 Å². The van der Waals surface area contributed by atoms with Crippen molar-refractivity contribution in [1.82, 2.24) is 4.98 Å². The highest BCUT2D eigenvalue weighted by atomic mass is 19.4. The molecule has 1 unspecified atom stereocenters. The molecule has 96 valence electrons. The summed E-state index contributed by atoms with van der Waals surface area (Å²) < 4.78 is 73.7. The van der Waals surface area contributed by atoms with Crippen LogP contribution in [-0.4, -0.2) is 17.2 Å². The summed E-state index contributed by atoms with van der Waals surface area (Å²) in [4.78, 5) is 3.37. The van der Waals surface area contributed by atoms with Gasteiger partial charge >= 0.3 is 12.4 Å². The smallest absolute Gasteiger partial charge is 0.320 e. The van der Waals surface area contributed by atoms with Crippen LogP contribution in [0.1, 0.15) is 11.1 Å². The van der Waals surface area contributed by atoms with E-state index < -0.39 is 35.9 Å². The Morgan fingerprint density at radius 2 is 1.76 bits per heavy atom. The summed E-state index contributed by atoms with van der Waals surface area (Å²) in [7, 11) is 0. The van der Waals surface area contributed by atoms with E-state index in [0.717, 1.165) is 12.4 Å². The standard InChI is InChI=1S/C9H8F6N2/c10-8(11,12)6-1-2-17-4-5(6)3-7(16)9(13,14)15/h1-2,4,7H,3,16H2. The number of rotatable bonds is 2. The van der Waals surface area contributed by atoms with Crippen LogP contribution in [0.5, 0.6) is 0 Å². The average Bonchev–Trinajstić information content (AvgIpc) is 2.15. The fraction of sp³-hybridized carbons (Fsp3) is 0.444. The molecule has 17 heavy (non-hydrogen) atoms. The Kier molecular flexibility index (Phi) is 3.65. The van der Waals surface area contributed by atoms with Crippen molar-refractivity contribution >= 4 is 0 Å². The molecule has 1 atom stereocenters. The Labute approximate surface area is 92.4 Å². The molecule has 1 aromatic heterocycles. The lowest BCUT2D eigenvalue weighted by Gasteiger charge is -2.18. The Morgan fingerprint density at radius 1 is 1.18 bits per heavy atom. The Bertz CT molecular complexity index is 384. The van der Waals surface area contributed by atoms with Crippen molar-refractivity contribution in [2.24, 2.45) is 5.73 Å². The van der Waals surface area contributed by atoms with Crippen LogP contribution >= 0.6 is 0 Å². The highest BCUT2D eigenvalue weighted by molar-refractivity contribution is 5.27. The van der Waals surface area contributed by atoms with Crippen LogP contribution in [0.15, 0.2) is 18.5 Å². The molecule has 2 N–H and O–H groups in total. The van der Waals surface area contributed by atoms with Crippen molar-refractivity contribution in [2.45, 2.75) is 24.8 Å². The molecule has 0 aliphatic heterocycles. The van der Waals surface area contributed by atoms with Gasteiger partial charge in [0.25, 0.3) is 0 Å². The Balaban J connectivity index is 3.00. The molecule has 0 saturated carbocycles. The maximum absolute atomic E-state index is 12.4. The van der Waals surface area contributed by atoms with Gasteiger partial charge in [0.15, 0.2) is 0 Å². The van der Waals surface area contributed by atoms with Gasteiger partial charge in [-0.1, -0.05) is 0 Å². The van der Waals surface area contributed by atoms with Crippen LogP contribution in [0.2, 0.25) is 0 Å². The minimum Gasteiger partial charge on any atom is -0.320 e. The molecule has 0 radical (unpaired) electrons. The molecule has 1 rings (SSSR count). The van der Waals surface area contributed by atoms with E-state index in [1.807, 2.05) is 0 Å². The molecule has 2 nitrogen and oxygen atoms in total. The maximum atomic E-state index is 12.4. The van der Waals surface area contributed by atoms with Gasteiger partial charge in [-0.2, -0.15) is 26.3 Å². The number of alkyl halides is 6. The van der Waals surface area contributed by atoms with Crippen LogP contribution < -0.4 is 5.73 Å². The number of aromatic nitrogens is 1. The minimum atomic E-state index is -4.74. The molecule has 0 fully saturated rings. The summed E-state index contributed by atoms with van der Waals surface area (Å²) in [5, 5.41) is 0.